The molecule has 1 saturated heterocycles. The van der Waals surface area contributed by atoms with Crippen molar-refractivity contribution < 1.29 is 14.9 Å². The zero-order valence-corrected chi connectivity index (χ0v) is 9.89. The molecule has 0 saturated carbocycles. The van der Waals surface area contributed by atoms with Crippen LogP contribution in [0.15, 0.2) is 18.2 Å². The van der Waals surface area contributed by atoms with Gasteiger partial charge < -0.3 is 14.9 Å². The van der Waals surface area contributed by atoms with E-state index in [0.717, 1.165) is 31.9 Å². The van der Waals surface area contributed by atoms with Gasteiger partial charge in [0.25, 0.3) is 0 Å². The van der Waals surface area contributed by atoms with Gasteiger partial charge in [0, 0.05) is 30.8 Å². The van der Waals surface area contributed by atoms with E-state index >= 15 is 0 Å². The van der Waals surface area contributed by atoms with Gasteiger partial charge >= 0.3 is 0 Å². The lowest BCUT2D eigenvalue weighted by atomic mass is 10.1. The molecule has 2 rings (SSSR count). The van der Waals surface area contributed by atoms with Gasteiger partial charge in [-0.2, -0.15) is 0 Å². The van der Waals surface area contributed by atoms with Crippen LogP contribution in [0.5, 0.6) is 11.5 Å². The van der Waals surface area contributed by atoms with Gasteiger partial charge in [0.05, 0.1) is 13.2 Å². The van der Waals surface area contributed by atoms with Crippen LogP contribution in [-0.2, 0) is 4.74 Å². The van der Waals surface area contributed by atoms with Crippen molar-refractivity contribution in [3.63, 3.8) is 0 Å². The number of hydrogen-bond acceptors (Lipinski definition) is 5. The lowest BCUT2D eigenvalue weighted by Crippen LogP contribution is -2.46. The van der Waals surface area contributed by atoms with Crippen molar-refractivity contribution in [3.8, 4) is 11.5 Å². The number of hydrazine groups is 1. The molecule has 1 unspecified atom stereocenters. The molecule has 3 N–H and O–H groups in total. The van der Waals surface area contributed by atoms with Gasteiger partial charge in [0.15, 0.2) is 0 Å². The molecular weight excluding hydrogens is 220 g/mol. The van der Waals surface area contributed by atoms with Crippen LogP contribution in [0.3, 0.4) is 0 Å². The third kappa shape index (κ3) is 3.09. The minimum Gasteiger partial charge on any atom is -0.508 e. The van der Waals surface area contributed by atoms with Crippen LogP contribution < -0.4 is 5.43 Å². The Kier molecular flexibility index (Phi) is 3.83. The number of morpholine rings is 1. The van der Waals surface area contributed by atoms with Crippen molar-refractivity contribution in [1.29, 1.82) is 0 Å². The van der Waals surface area contributed by atoms with E-state index in [1.165, 1.54) is 6.07 Å². The van der Waals surface area contributed by atoms with Crippen LogP contribution in [0.2, 0.25) is 0 Å². The number of phenolic OH excluding ortho intramolecular Hbond substituents is 2. The molecule has 0 bridgehead atoms. The number of ether oxygens (including phenoxy) is 1. The summed E-state index contributed by atoms with van der Waals surface area (Å²) in [5, 5.41) is 21.1. The second kappa shape index (κ2) is 5.35. The summed E-state index contributed by atoms with van der Waals surface area (Å²) < 4.78 is 5.26. The Morgan fingerprint density at radius 3 is 2.65 bits per heavy atom. The molecule has 1 fully saturated rings. The topological polar surface area (TPSA) is 65.0 Å². The maximum atomic E-state index is 9.75. The van der Waals surface area contributed by atoms with Crippen LogP contribution >= 0.6 is 0 Å². The molecule has 0 aliphatic carbocycles. The maximum absolute atomic E-state index is 9.75. The fourth-order valence-corrected chi connectivity index (χ4v) is 1.93. The van der Waals surface area contributed by atoms with Gasteiger partial charge in [-0.1, -0.05) is 6.07 Å². The van der Waals surface area contributed by atoms with Crippen molar-refractivity contribution in [2.24, 2.45) is 0 Å². The standard InChI is InChI=1S/C12H18N2O3/c1-9(13-14-4-6-17-7-5-14)11-3-2-10(15)8-12(11)16/h2-3,8-9,13,15-16H,4-7H2,1H3. The van der Waals surface area contributed by atoms with Gasteiger partial charge in [-0.3, -0.25) is 0 Å². The fraction of sp³-hybridized carbons (Fsp3) is 0.500. The number of nitrogens with one attached hydrogen (secondary N) is 1. The van der Waals surface area contributed by atoms with E-state index in [-0.39, 0.29) is 17.5 Å². The van der Waals surface area contributed by atoms with Crippen molar-refractivity contribution in [1.82, 2.24) is 10.4 Å². The van der Waals surface area contributed by atoms with E-state index in [1.807, 2.05) is 6.92 Å². The summed E-state index contributed by atoms with van der Waals surface area (Å²) >= 11 is 0. The van der Waals surface area contributed by atoms with Crippen molar-refractivity contribution in [2.45, 2.75) is 13.0 Å². The molecule has 1 atom stereocenters. The van der Waals surface area contributed by atoms with E-state index in [1.54, 1.807) is 12.1 Å². The molecule has 5 nitrogen and oxygen atoms in total. The summed E-state index contributed by atoms with van der Waals surface area (Å²) in [5.74, 6) is 0.183. The largest absolute Gasteiger partial charge is 0.508 e. The summed E-state index contributed by atoms with van der Waals surface area (Å²) in [6, 6.07) is 4.65. The minimum atomic E-state index is -0.00583. The van der Waals surface area contributed by atoms with Gasteiger partial charge in [0.1, 0.15) is 11.5 Å². The van der Waals surface area contributed by atoms with E-state index < -0.39 is 0 Å². The maximum Gasteiger partial charge on any atom is 0.124 e. The van der Waals surface area contributed by atoms with Crippen LogP contribution in [-0.4, -0.2) is 41.5 Å². The monoisotopic (exact) mass is 238 g/mol. The van der Waals surface area contributed by atoms with E-state index in [9.17, 15) is 10.2 Å². The third-order valence-electron chi connectivity index (χ3n) is 2.87. The quantitative estimate of drug-likeness (QED) is 0.733. The average Bonchev–Trinajstić information content (AvgIpc) is 2.30. The van der Waals surface area contributed by atoms with Gasteiger partial charge in [0.2, 0.25) is 0 Å². The molecular formula is C12H18N2O3. The molecule has 1 aromatic carbocycles. The van der Waals surface area contributed by atoms with Crippen molar-refractivity contribution in [3.05, 3.63) is 23.8 Å². The Morgan fingerprint density at radius 2 is 2.00 bits per heavy atom. The number of phenols is 2. The molecule has 0 spiro atoms. The molecule has 0 radical (unpaired) electrons. The van der Waals surface area contributed by atoms with Gasteiger partial charge in [-0.25, -0.2) is 10.4 Å². The average molecular weight is 238 g/mol. The normalized spacial score (nSPS) is 19.1. The van der Waals surface area contributed by atoms with Crippen LogP contribution in [0.4, 0.5) is 0 Å². The highest BCUT2D eigenvalue weighted by molar-refractivity contribution is 5.40. The van der Waals surface area contributed by atoms with Crippen molar-refractivity contribution >= 4 is 0 Å². The van der Waals surface area contributed by atoms with E-state index in [2.05, 4.69) is 10.4 Å². The zero-order valence-electron chi connectivity index (χ0n) is 9.89. The Balaban J connectivity index is 2.00. The number of nitrogens with zero attached hydrogens (tertiary/aromatic N) is 1. The number of rotatable bonds is 3. The molecule has 1 heterocycles. The number of hydrogen-bond donors (Lipinski definition) is 3. The first-order chi connectivity index (χ1) is 8.16. The summed E-state index contributed by atoms with van der Waals surface area (Å²) in [7, 11) is 0. The lowest BCUT2D eigenvalue weighted by molar-refractivity contribution is 0.00469. The van der Waals surface area contributed by atoms with E-state index in [4.69, 9.17) is 4.74 Å². The molecule has 1 aliphatic rings. The predicted molar refractivity (Wildman–Crippen MR) is 63.7 cm³/mol. The lowest BCUT2D eigenvalue weighted by Gasteiger charge is -2.30. The summed E-state index contributed by atoms with van der Waals surface area (Å²) in [6.45, 7) is 5.09. The predicted octanol–water partition coefficient (Wildman–Crippen LogP) is 0.996. The van der Waals surface area contributed by atoms with Crippen LogP contribution in [0, 0.1) is 0 Å². The second-order valence-corrected chi connectivity index (χ2v) is 4.19. The Labute approximate surface area is 101 Å². The summed E-state index contributed by atoms with van der Waals surface area (Å²) in [5.41, 5.74) is 4.08. The molecule has 0 aromatic heterocycles. The Morgan fingerprint density at radius 1 is 1.29 bits per heavy atom. The smallest absolute Gasteiger partial charge is 0.124 e. The van der Waals surface area contributed by atoms with Crippen molar-refractivity contribution in [2.75, 3.05) is 26.3 Å². The fourth-order valence-electron chi connectivity index (χ4n) is 1.93. The number of aromatic hydroxyl groups is 2. The third-order valence-corrected chi connectivity index (χ3v) is 2.87. The molecule has 17 heavy (non-hydrogen) atoms. The first-order valence-corrected chi connectivity index (χ1v) is 5.77. The molecule has 5 heteroatoms. The molecule has 0 amide bonds. The van der Waals surface area contributed by atoms with Crippen LogP contribution in [0.1, 0.15) is 18.5 Å². The first kappa shape index (κ1) is 12.2. The summed E-state index contributed by atoms with van der Waals surface area (Å²) in [6.07, 6.45) is 0. The molecule has 1 aromatic rings. The highest BCUT2D eigenvalue weighted by Crippen LogP contribution is 2.27. The molecule has 1 aliphatic heterocycles. The second-order valence-electron chi connectivity index (χ2n) is 4.19. The Hall–Kier alpha value is -1.30. The van der Waals surface area contributed by atoms with Gasteiger partial charge in [-0.15, -0.1) is 0 Å². The van der Waals surface area contributed by atoms with E-state index in [0.29, 0.717) is 0 Å². The highest BCUT2D eigenvalue weighted by atomic mass is 16.5. The van der Waals surface area contributed by atoms with Gasteiger partial charge in [-0.05, 0) is 13.0 Å². The number of benzene rings is 1. The first-order valence-electron chi connectivity index (χ1n) is 5.77. The SMILES string of the molecule is CC(NN1CCOCC1)c1ccc(O)cc1O. The highest BCUT2D eigenvalue weighted by Gasteiger charge is 2.16. The Bertz CT molecular complexity index is 378. The zero-order chi connectivity index (χ0) is 12.3. The summed E-state index contributed by atoms with van der Waals surface area (Å²) in [4.78, 5) is 0. The minimum absolute atomic E-state index is 0.00583. The van der Waals surface area contributed by atoms with Crippen LogP contribution in [0.25, 0.3) is 0 Å². The molecule has 94 valence electrons.